The minimum absolute atomic E-state index is 0.439. The first-order chi connectivity index (χ1) is 17.2. The molecule has 1 aliphatic rings. The summed E-state index contributed by atoms with van der Waals surface area (Å²) in [6.45, 7) is 3.26. The Balaban J connectivity index is 0.000000384. The number of aromatic nitrogens is 3. The molecule has 1 fully saturated rings. The Morgan fingerprint density at radius 1 is 1.17 bits per heavy atom. The van der Waals surface area contributed by atoms with Gasteiger partial charge in [0.05, 0.1) is 7.11 Å². The Kier molecular flexibility index (Phi) is 7.90. The summed E-state index contributed by atoms with van der Waals surface area (Å²) in [5.41, 5.74) is 4.56. The van der Waals surface area contributed by atoms with Crippen LogP contribution >= 0.6 is 11.3 Å². The minimum Gasteiger partial charge on any atom is -0.497 e. The molecule has 5 rings (SSSR count). The summed E-state index contributed by atoms with van der Waals surface area (Å²) >= 11 is 1.77. The summed E-state index contributed by atoms with van der Waals surface area (Å²) in [6, 6.07) is 14.5. The van der Waals surface area contributed by atoms with E-state index in [4.69, 9.17) is 24.7 Å². The molecule has 0 unspecified atom stereocenters. The Labute approximate surface area is 209 Å². The van der Waals surface area contributed by atoms with E-state index in [1.54, 1.807) is 18.4 Å². The number of fused-ring (bicyclic) bond motifs is 1. The minimum atomic E-state index is -5.08. The zero-order chi connectivity index (χ0) is 25.7. The molecular weight excluding hydrogens is 493 g/mol. The van der Waals surface area contributed by atoms with E-state index in [0.29, 0.717) is 5.92 Å². The predicted molar refractivity (Wildman–Crippen MR) is 130 cm³/mol. The summed E-state index contributed by atoms with van der Waals surface area (Å²) < 4.78 is 39.0. The van der Waals surface area contributed by atoms with E-state index in [1.807, 2.05) is 22.7 Å². The molecule has 1 saturated heterocycles. The standard InChI is InChI=1S/C23H24N4OS.C2HF3O2/c1-28-21-4-2-3-19(13-21)20-5-6-22-24-23(25-27(22)15-20)18-7-10-26(11-8-18)14-17-9-12-29-16-17;3-2(4,5)1(6)7/h2-6,9,12-13,15-16,18H,7-8,10-11,14H2,1H3;(H,6,7). The first-order valence-corrected chi connectivity index (χ1v) is 12.2. The van der Waals surface area contributed by atoms with Crippen molar-refractivity contribution >= 4 is 23.0 Å². The molecule has 36 heavy (non-hydrogen) atoms. The van der Waals surface area contributed by atoms with Crippen LogP contribution in [0, 0.1) is 0 Å². The van der Waals surface area contributed by atoms with Gasteiger partial charge >= 0.3 is 12.1 Å². The van der Waals surface area contributed by atoms with Gasteiger partial charge in [-0.3, -0.25) is 4.90 Å². The van der Waals surface area contributed by atoms with E-state index in [-0.39, 0.29) is 0 Å². The van der Waals surface area contributed by atoms with Crippen LogP contribution in [0.2, 0.25) is 0 Å². The second-order valence-electron chi connectivity index (χ2n) is 8.41. The number of halogens is 3. The Morgan fingerprint density at radius 3 is 2.56 bits per heavy atom. The molecule has 0 spiro atoms. The Morgan fingerprint density at radius 2 is 1.92 bits per heavy atom. The van der Waals surface area contributed by atoms with Crippen LogP contribution < -0.4 is 4.74 Å². The SMILES string of the molecule is COc1cccc(-c2ccc3nc(C4CCN(Cc5ccsc5)CC4)nn3c2)c1.O=C(O)C(F)(F)F. The van der Waals surface area contributed by atoms with E-state index >= 15 is 0 Å². The average Bonchev–Trinajstić information content (AvgIpc) is 3.54. The summed E-state index contributed by atoms with van der Waals surface area (Å²) in [6.07, 6.45) is -0.792. The van der Waals surface area contributed by atoms with Crippen molar-refractivity contribution in [1.29, 1.82) is 0 Å². The van der Waals surface area contributed by atoms with E-state index < -0.39 is 12.1 Å². The van der Waals surface area contributed by atoms with Crippen molar-refractivity contribution in [3.63, 3.8) is 0 Å². The van der Waals surface area contributed by atoms with Gasteiger partial charge in [-0.25, -0.2) is 14.3 Å². The third-order valence-electron chi connectivity index (χ3n) is 5.93. The fraction of sp³-hybridized carbons (Fsp3) is 0.320. The smallest absolute Gasteiger partial charge is 0.490 e. The van der Waals surface area contributed by atoms with Crippen LogP contribution in [0.1, 0.15) is 30.1 Å². The van der Waals surface area contributed by atoms with Crippen molar-refractivity contribution in [2.24, 2.45) is 0 Å². The second-order valence-corrected chi connectivity index (χ2v) is 9.19. The van der Waals surface area contributed by atoms with Crippen LogP contribution in [-0.4, -0.2) is 56.9 Å². The lowest BCUT2D eigenvalue weighted by Crippen LogP contribution is -2.32. The summed E-state index contributed by atoms with van der Waals surface area (Å²) in [5.74, 6) is -0.486. The summed E-state index contributed by atoms with van der Waals surface area (Å²) in [4.78, 5) is 16.2. The maximum absolute atomic E-state index is 10.6. The first-order valence-electron chi connectivity index (χ1n) is 11.3. The van der Waals surface area contributed by atoms with E-state index in [9.17, 15) is 13.2 Å². The number of rotatable bonds is 5. The number of ether oxygens (including phenoxy) is 1. The van der Waals surface area contributed by atoms with Crippen molar-refractivity contribution in [2.45, 2.75) is 31.5 Å². The molecule has 0 aliphatic carbocycles. The van der Waals surface area contributed by atoms with Gasteiger partial charge in [0.15, 0.2) is 11.5 Å². The molecule has 1 aliphatic heterocycles. The number of pyridine rings is 1. The highest BCUT2D eigenvalue weighted by Gasteiger charge is 2.38. The third-order valence-corrected chi connectivity index (χ3v) is 6.66. The van der Waals surface area contributed by atoms with Crippen molar-refractivity contribution in [3.05, 3.63) is 70.8 Å². The van der Waals surface area contributed by atoms with E-state index in [1.165, 1.54) is 5.56 Å². The highest BCUT2D eigenvalue weighted by Crippen LogP contribution is 2.28. The maximum Gasteiger partial charge on any atom is 0.490 e. The lowest BCUT2D eigenvalue weighted by Gasteiger charge is -2.30. The molecule has 190 valence electrons. The van der Waals surface area contributed by atoms with Gasteiger partial charge < -0.3 is 9.84 Å². The second kappa shape index (κ2) is 11.1. The van der Waals surface area contributed by atoms with Gasteiger partial charge in [0.1, 0.15) is 5.75 Å². The number of thiophene rings is 1. The van der Waals surface area contributed by atoms with Crippen molar-refractivity contribution in [3.8, 4) is 16.9 Å². The molecule has 0 amide bonds. The molecule has 0 saturated carbocycles. The molecule has 0 atom stereocenters. The number of methoxy groups -OCH3 is 1. The van der Waals surface area contributed by atoms with Crippen LogP contribution in [0.5, 0.6) is 5.75 Å². The molecule has 7 nitrogen and oxygen atoms in total. The molecule has 0 radical (unpaired) electrons. The number of benzene rings is 1. The van der Waals surface area contributed by atoms with Crippen LogP contribution in [0.3, 0.4) is 0 Å². The normalized spacial score (nSPS) is 14.9. The molecule has 4 heterocycles. The molecule has 0 bridgehead atoms. The number of aliphatic carboxylic acids is 1. The number of carboxylic acids is 1. The first kappa shape index (κ1) is 25.6. The van der Waals surface area contributed by atoms with Gasteiger partial charge in [0.25, 0.3) is 0 Å². The lowest BCUT2D eigenvalue weighted by molar-refractivity contribution is -0.192. The zero-order valence-electron chi connectivity index (χ0n) is 19.5. The van der Waals surface area contributed by atoms with Gasteiger partial charge in [-0.15, -0.1) is 0 Å². The van der Waals surface area contributed by atoms with Crippen molar-refractivity contribution in [1.82, 2.24) is 19.5 Å². The molecular formula is C25H25F3N4O3S. The topological polar surface area (TPSA) is 80.0 Å². The quantitative estimate of drug-likeness (QED) is 0.377. The van der Waals surface area contributed by atoms with Gasteiger partial charge in [-0.2, -0.15) is 29.6 Å². The number of nitrogens with zero attached hydrogens (tertiary/aromatic N) is 4. The number of hydrogen-bond acceptors (Lipinski definition) is 6. The number of carbonyl (C=O) groups is 1. The fourth-order valence-corrected chi connectivity index (χ4v) is 4.70. The van der Waals surface area contributed by atoms with E-state index in [2.05, 4.69) is 46.1 Å². The van der Waals surface area contributed by atoms with Gasteiger partial charge in [0.2, 0.25) is 0 Å². The highest BCUT2D eigenvalue weighted by molar-refractivity contribution is 7.07. The summed E-state index contributed by atoms with van der Waals surface area (Å²) in [5, 5.41) is 16.3. The number of hydrogen-bond donors (Lipinski definition) is 1. The predicted octanol–water partition coefficient (Wildman–Crippen LogP) is 5.48. The van der Waals surface area contributed by atoms with Crippen LogP contribution in [-0.2, 0) is 11.3 Å². The third kappa shape index (κ3) is 6.41. The van der Waals surface area contributed by atoms with Gasteiger partial charge in [-0.05, 0) is 78.2 Å². The average molecular weight is 519 g/mol. The van der Waals surface area contributed by atoms with Crippen molar-refractivity contribution < 1.29 is 27.8 Å². The molecule has 11 heteroatoms. The monoisotopic (exact) mass is 518 g/mol. The largest absolute Gasteiger partial charge is 0.497 e. The number of piperidine rings is 1. The summed E-state index contributed by atoms with van der Waals surface area (Å²) in [7, 11) is 1.69. The molecule has 1 aromatic carbocycles. The van der Waals surface area contributed by atoms with Gasteiger partial charge in [0, 0.05) is 24.2 Å². The molecule has 4 aromatic rings. The van der Waals surface area contributed by atoms with Crippen LogP contribution in [0.15, 0.2) is 59.4 Å². The zero-order valence-corrected chi connectivity index (χ0v) is 20.3. The maximum atomic E-state index is 10.6. The molecule has 3 aromatic heterocycles. The van der Waals surface area contributed by atoms with Gasteiger partial charge in [-0.1, -0.05) is 12.1 Å². The molecule has 1 N–H and O–H groups in total. The number of alkyl halides is 3. The van der Waals surface area contributed by atoms with Crippen LogP contribution in [0.25, 0.3) is 16.8 Å². The van der Waals surface area contributed by atoms with E-state index in [0.717, 1.165) is 60.8 Å². The lowest BCUT2D eigenvalue weighted by atomic mass is 9.96. The number of likely N-dealkylation sites (tertiary alicyclic amines) is 1. The fourth-order valence-electron chi connectivity index (χ4n) is 4.04. The van der Waals surface area contributed by atoms with Crippen molar-refractivity contribution in [2.75, 3.05) is 20.2 Å². The number of carboxylic acid groups (broad SMARTS) is 1. The Bertz CT molecular complexity index is 1300. The highest BCUT2D eigenvalue weighted by atomic mass is 32.1. The van der Waals surface area contributed by atoms with Crippen LogP contribution in [0.4, 0.5) is 13.2 Å². The Hall–Kier alpha value is -3.44.